The fraction of sp³-hybridized carbons (Fsp3) is 0.444. The molecule has 13 heteroatoms. The predicted octanol–water partition coefficient (Wildman–Crippen LogP) is 3.21. The molecule has 4 aromatic rings. The number of piperidine rings is 1. The van der Waals surface area contributed by atoms with Crippen molar-refractivity contribution >= 4 is 59.8 Å². The highest BCUT2D eigenvalue weighted by Crippen LogP contribution is 2.39. The standard InChI is InChI=1S/C27H33N7O4S2/c1-33-15-17-13-20(12-16(23(17)32-33)14-28-40(3,36)37)30-26(35)21-6-7-22(25-24(21)31-27(38-2)39-25)34-10-8-19(9-11-34)29-18-4-5-18/h6-7,12-13,15,18-19,28-29H,4-5,8-11,14H2,1-3H3,(H,30,35). The van der Waals surface area contributed by atoms with Gasteiger partial charge < -0.3 is 20.3 Å². The molecule has 11 nitrogen and oxygen atoms in total. The van der Waals surface area contributed by atoms with Gasteiger partial charge in [0.15, 0.2) is 0 Å². The Morgan fingerprint density at radius 2 is 1.88 bits per heavy atom. The van der Waals surface area contributed by atoms with Crippen molar-refractivity contribution in [2.24, 2.45) is 7.05 Å². The summed E-state index contributed by atoms with van der Waals surface area (Å²) in [4.78, 5) is 20.6. The second-order valence-electron chi connectivity index (χ2n) is 10.6. The van der Waals surface area contributed by atoms with Crippen LogP contribution in [0, 0.1) is 0 Å². The molecule has 6 rings (SSSR count). The van der Waals surface area contributed by atoms with Crippen LogP contribution in [0.4, 0.5) is 11.4 Å². The number of carbonyl (C=O) groups is 1. The van der Waals surface area contributed by atoms with Crippen molar-refractivity contribution in [3.63, 3.8) is 0 Å². The quantitative estimate of drug-likeness (QED) is 0.274. The Morgan fingerprint density at radius 1 is 1.12 bits per heavy atom. The Kier molecular flexibility index (Phi) is 7.15. The van der Waals surface area contributed by atoms with E-state index in [0.717, 1.165) is 48.0 Å². The number of nitrogens with one attached hydrogen (secondary N) is 3. The second kappa shape index (κ2) is 10.6. The minimum Gasteiger partial charge on any atom is -0.473 e. The first-order chi connectivity index (χ1) is 19.2. The maximum Gasteiger partial charge on any atom is 0.274 e. The van der Waals surface area contributed by atoms with Gasteiger partial charge >= 0.3 is 0 Å². The highest BCUT2D eigenvalue weighted by atomic mass is 32.2. The number of thiazole rings is 1. The van der Waals surface area contributed by atoms with Crippen LogP contribution < -0.4 is 25.0 Å². The minimum atomic E-state index is -3.41. The Balaban J connectivity index is 1.27. The number of ether oxygens (including phenoxy) is 1. The monoisotopic (exact) mass is 583 g/mol. The maximum atomic E-state index is 13.6. The number of hydrogen-bond acceptors (Lipinski definition) is 9. The Morgan fingerprint density at radius 3 is 2.58 bits per heavy atom. The zero-order valence-electron chi connectivity index (χ0n) is 22.7. The molecular formula is C27H33N7O4S2. The third-order valence-electron chi connectivity index (χ3n) is 7.39. The number of aryl methyl sites for hydroxylation is 1. The first-order valence-electron chi connectivity index (χ1n) is 13.4. The SMILES string of the molecule is COc1nc2c(C(=O)Nc3cc(CNS(C)(=O)=O)c4nn(C)cc4c3)ccc(N3CCC(NC4CC4)CC3)c2s1. The van der Waals surface area contributed by atoms with Crippen molar-refractivity contribution in [1.82, 2.24) is 24.8 Å². The van der Waals surface area contributed by atoms with Crippen LogP contribution >= 0.6 is 11.3 Å². The molecule has 1 amide bonds. The van der Waals surface area contributed by atoms with E-state index in [2.05, 4.69) is 30.3 Å². The van der Waals surface area contributed by atoms with Gasteiger partial charge in [-0.15, -0.1) is 0 Å². The van der Waals surface area contributed by atoms with Crippen LogP contribution in [0.3, 0.4) is 0 Å². The molecule has 0 atom stereocenters. The fourth-order valence-electron chi connectivity index (χ4n) is 5.30. The third-order valence-corrected chi connectivity index (χ3v) is 9.10. The number of fused-ring (bicyclic) bond motifs is 2. The molecular weight excluding hydrogens is 550 g/mol. The van der Waals surface area contributed by atoms with E-state index >= 15 is 0 Å². The number of methoxy groups -OCH3 is 1. The number of hydrogen-bond donors (Lipinski definition) is 3. The summed E-state index contributed by atoms with van der Waals surface area (Å²) >= 11 is 1.45. The fourth-order valence-corrected chi connectivity index (χ4v) is 6.67. The molecule has 0 bridgehead atoms. The van der Waals surface area contributed by atoms with Crippen LogP contribution in [0.1, 0.15) is 41.6 Å². The summed E-state index contributed by atoms with van der Waals surface area (Å²) in [5.41, 5.74) is 4.00. The summed E-state index contributed by atoms with van der Waals surface area (Å²) in [7, 11) is -0.0230. The van der Waals surface area contributed by atoms with Gasteiger partial charge in [-0.2, -0.15) is 5.10 Å². The normalized spacial score (nSPS) is 16.6. The first-order valence-corrected chi connectivity index (χ1v) is 16.1. The molecule has 0 unspecified atom stereocenters. The summed E-state index contributed by atoms with van der Waals surface area (Å²) < 4.78 is 34.0. The van der Waals surface area contributed by atoms with E-state index in [0.29, 0.717) is 45.1 Å². The van der Waals surface area contributed by atoms with Gasteiger partial charge in [-0.3, -0.25) is 9.48 Å². The molecule has 0 radical (unpaired) electrons. The lowest BCUT2D eigenvalue weighted by Gasteiger charge is -2.34. The summed E-state index contributed by atoms with van der Waals surface area (Å²) in [5.74, 6) is -0.304. The molecule has 2 aliphatic rings. The summed E-state index contributed by atoms with van der Waals surface area (Å²) in [5, 5.41) is 12.5. The first kappa shape index (κ1) is 26.9. The van der Waals surface area contributed by atoms with Crippen LogP contribution in [-0.2, 0) is 23.6 Å². The molecule has 2 aromatic carbocycles. The highest BCUT2D eigenvalue weighted by Gasteiger charge is 2.28. The number of amides is 1. The van der Waals surface area contributed by atoms with E-state index in [4.69, 9.17) is 4.74 Å². The Hall–Kier alpha value is -3.26. The van der Waals surface area contributed by atoms with Crippen molar-refractivity contribution in [2.75, 3.05) is 36.7 Å². The lowest BCUT2D eigenvalue weighted by Crippen LogP contribution is -2.43. The van der Waals surface area contributed by atoms with E-state index in [9.17, 15) is 13.2 Å². The predicted molar refractivity (Wildman–Crippen MR) is 158 cm³/mol. The summed E-state index contributed by atoms with van der Waals surface area (Å²) in [6.07, 6.45) is 7.70. The molecule has 3 N–H and O–H groups in total. The van der Waals surface area contributed by atoms with E-state index < -0.39 is 10.0 Å². The van der Waals surface area contributed by atoms with Crippen molar-refractivity contribution in [2.45, 2.75) is 44.3 Å². The van der Waals surface area contributed by atoms with E-state index in [1.807, 2.05) is 24.4 Å². The van der Waals surface area contributed by atoms with Gasteiger partial charge in [0.1, 0.15) is 5.52 Å². The van der Waals surface area contributed by atoms with Gasteiger partial charge in [0.25, 0.3) is 11.1 Å². The van der Waals surface area contributed by atoms with Crippen LogP contribution in [0.5, 0.6) is 5.19 Å². The van der Waals surface area contributed by atoms with E-state index in [1.54, 1.807) is 24.9 Å². The molecule has 1 aliphatic carbocycles. The van der Waals surface area contributed by atoms with Crippen molar-refractivity contribution in [3.05, 3.63) is 41.6 Å². The summed E-state index contributed by atoms with van der Waals surface area (Å²) in [6, 6.07) is 8.69. The van der Waals surface area contributed by atoms with Crippen LogP contribution in [-0.4, -0.2) is 67.6 Å². The minimum absolute atomic E-state index is 0.0607. The van der Waals surface area contributed by atoms with Crippen molar-refractivity contribution < 1.29 is 17.9 Å². The average molecular weight is 584 g/mol. The molecule has 40 heavy (non-hydrogen) atoms. The summed E-state index contributed by atoms with van der Waals surface area (Å²) in [6.45, 7) is 1.95. The van der Waals surface area contributed by atoms with Crippen LogP contribution in [0.25, 0.3) is 21.1 Å². The van der Waals surface area contributed by atoms with Gasteiger partial charge in [0.05, 0.1) is 34.8 Å². The molecule has 2 fully saturated rings. The number of aromatic nitrogens is 3. The second-order valence-corrected chi connectivity index (χ2v) is 13.4. The number of nitrogens with zero attached hydrogens (tertiary/aromatic N) is 4. The molecule has 1 aliphatic heterocycles. The molecule has 1 saturated heterocycles. The number of benzene rings is 2. The third kappa shape index (κ3) is 5.78. The number of sulfonamides is 1. The van der Waals surface area contributed by atoms with Gasteiger partial charge in [-0.25, -0.2) is 18.1 Å². The van der Waals surface area contributed by atoms with E-state index in [-0.39, 0.29) is 12.5 Å². The zero-order chi connectivity index (χ0) is 28.0. The topological polar surface area (TPSA) is 130 Å². The van der Waals surface area contributed by atoms with Crippen molar-refractivity contribution in [1.29, 1.82) is 0 Å². The van der Waals surface area contributed by atoms with Gasteiger partial charge in [0, 0.05) is 56.0 Å². The Labute approximate surface area is 236 Å². The number of rotatable bonds is 9. The zero-order valence-corrected chi connectivity index (χ0v) is 24.4. The van der Waals surface area contributed by atoms with Gasteiger partial charge in [-0.1, -0.05) is 11.3 Å². The average Bonchev–Trinajstić information content (AvgIpc) is 3.48. The van der Waals surface area contributed by atoms with Gasteiger partial charge in [-0.05, 0) is 55.5 Å². The smallest absolute Gasteiger partial charge is 0.274 e. The van der Waals surface area contributed by atoms with Crippen LogP contribution in [0.15, 0.2) is 30.5 Å². The maximum absolute atomic E-state index is 13.6. The molecule has 2 aromatic heterocycles. The van der Waals surface area contributed by atoms with Gasteiger partial charge in [0.2, 0.25) is 10.0 Å². The highest BCUT2D eigenvalue weighted by molar-refractivity contribution is 7.88. The Bertz CT molecular complexity index is 1690. The van der Waals surface area contributed by atoms with E-state index in [1.165, 1.54) is 24.2 Å². The largest absolute Gasteiger partial charge is 0.473 e. The molecule has 212 valence electrons. The molecule has 3 heterocycles. The molecule has 1 saturated carbocycles. The lowest BCUT2D eigenvalue weighted by atomic mass is 10.0. The number of carbonyl (C=O) groups excluding carboxylic acids is 1. The van der Waals surface area contributed by atoms with Crippen molar-refractivity contribution in [3.8, 4) is 5.19 Å². The van der Waals surface area contributed by atoms with Crippen LogP contribution in [0.2, 0.25) is 0 Å². The lowest BCUT2D eigenvalue weighted by molar-refractivity contribution is 0.102. The number of anilines is 2. The molecule has 0 spiro atoms.